The van der Waals surface area contributed by atoms with Crippen molar-refractivity contribution in [2.45, 2.75) is 25.9 Å². The molecule has 0 aliphatic rings. The Hall–Kier alpha value is -3.70. The molecule has 0 radical (unpaired) electrons. The van der Waals surface area contributed by atoms with Crippen LogP contribution in [0.15, 0.2) is 101 Å². The van der Waals surface area contributed by atoms with E-state index in [9.17, 15) is 4.79 Å². The highest BCUT2D eigenvalue weighted by atomic mass is 32.1. The molecule has 0 aliphatic heterocycles. The molecule has 0 bridgehead atoms. The second kappa shape index (κ2) is 8.68. The fourth-order valence-corrected chi connectivity index (χ4v) is 4.92. The number of ether oxygens (including phenoxy) is 1. The van der Waals surface area contributed by atoms with Crippen LogP contribution in [0.3, 0.4) is 0 Å². The zero-order chi connectivity index (χ0) is 22.8. The highest BCUT2D eigenvalue weighted by Gasteiger charge is 2.22. The van der Waals surface area contributed by atoms with E-state index in [4.69, 9.17) is 4.74 Å². The predicted octanol–water partition coefficient (Wildman–Crippen LogP) is 6.33. The third kappa shape index (κ3) is 4.20. The topological polar surface area (TPSA) is 43.6 Å². The lowest BCUT2D eigenvalue weighted by Gasteiger charge is -2.26. The second-order valence-corrected chi connectivity index (χ2v) is 9.33. The third-order valence-corrected chi connectivity index (χ3v) is 6.81. The van der Waals surface area contributed by atoms with Crippen LogP contribution in [0.4, 0.5) is 0 Å². The molecule has 3 aromatic carbocycles. The number of hydrogen-bond donors (Lipinski definition) is 0. The molecule has 2 aromatic heterocycles. The minimum Gasteiger partial charge on any atom is -0.487 e. The van der Waals surface area contributed by atoms with Crippen LogP contribution < -0.4 is 10.3 Å². The molecule has 5 aromatic rings. The molecule has 0 spiro atoms. The molecule has 4 nitrogen and oxygen atoms in total. The maximum absolute atomic E-state index is 12.8. The van der Waals surface area contributed by atoms with Crippen LogP contribution >= 0.6 is 11.3 Å². The first-order valence-corrected chi connectivity index (χ1v) is 11.7. The van der Waals surface area contributed by atoms with Crippen LogP contribution in [-0.4, -0.2) is 9.38 Å². The molecule has 2 heterocycles. The lowest BCUT2D eigenvalue weighted by molar-refractivity contribution is 0.301. The Bertz CT molecular complexity index is 1440. The third-order valence-electron chi connectivity index (χ3n) is 5.99. The molecular weight excluding hydrogens is 428 g/mol. The van der Waals surface area contributed by atoms with Crippen LogP contribution in [0, 0.1) is 0 Å². The molecule has 0 fully saturated rings. The molecule has 0 unspecified atom stereocenters. The monoisotopic (exact) mass is 452 g/mol. The molecule has 0 saturated heterocycles. The van der Waals surface area contributed by atoms with Gasteiger partial charge in [0, 0.05) is 16.9 Å². The predicted molar refractivity (Wildman–Crippen MR) is 134 cm³/mol. The van der Waals surface area contributed by atoms with Gasteiger partial charge in [0.05, 0.1) is 11.4 Å². The van der Waals surface area contributed by atoms with Gasteiger partial charge in [0.2, 0.25) is 0 Å². The standard InChI is InChI=1S/C28H24N2O2S/c1-28(2,21-11-7-4-8-12-21)22-13-15-24(16-14-22)32-18-23-17-26(31)30-25(19-33-27(30)29-23)20-9-5-3-6-10-20/h3-17,19H,18H2,1-2H3. The maximum atomic E-state index is 12.8. The molecular formula is C28H24N2O2S. The molecule has 5 rings (SSSR count). The number of fused-ring (bicyclic) bond motifs is 1. The fraction of sp³-hybridized carbons (Fsp3) is 0.143. The van der Waals surface area contributed by atoms with Crippen LogP contribution in [0.2, 0.25) is 0 Å². The van der Waals surface area contributed by atoms with Crippen molar-refractivity contribution in [3.05, 3.63) is 124 Å². The zero-order valence-corrected chi connectivity index (χ0v) is 19.4. The first-order chi connectivity index (χ1) is 16.0. The van der Waals surface area contributed by atoms with Gasteiger partial charge in [0.1, 0.15) is 12.4 Å². The first-order valence-electron chi connectivity index (χ1n) is 10.9. The van der Waals surface area contributed by atoms with Gasteiger partial charge in [-0.1, -0.05) is 86.6 Å². The number of benzene rings is 3. The number of hydrogen-bond acceptors (Lipinski definition) is 4. The highest BCUT2D eigenvalue weighted by molar-refractivity contribution is 7.15. The summed E-state index contributed by atoms with van der Waals surface area (Å²) in [6, 6.07) is 30.0. The van der Waals surface area contributed by atoms with Gasteiger partial charge in [0.25, 0.3) is 5.56 Å². The van der Waals surface area contributed by atoms with Gasteiger partial charge in [-0.25, -0.2) is 4.98 Å². The van der Waals surface area contributed by atoms with Crippen molar-refractivity contribution in [2.75, 3.05) is 0 Å². The number of rotatable bonds is 6. The second-order valence-electron chi connectivity index (χ2n) is 8.49. The Balaban J connectivity index is 1.33. The summed E-state index contributed by atoms with van der Waals surface area (Å²) in [7, 11) is 0. The Morgan fingerprint density at radius 3 is 2.21 bits per heavy atom. The van der Waals surface area contributed by atoms with Gasteiger partial charge in [-0.2, -0.15) is 0 Å². The first kappa shape index (κ1) is 21.2. The van der Waals surface area contributed by atoms with Gasteiger partial charge in [-0.3, -0.25) is 9.20 Å². The quantitative estimate of drug-likeness (QED) is 0.302. The molecule has 0 atom stereocenters. The van der Waals surface area contributed by atoms with Crippen molar-refractivity contribution in [3.63, 3.8) is 0 Å². The van der Waals surface area contributed by atoms with Gasteiger partial charge in [-0.15, -0.1) is 11.3 Å². The minimum atomic E-state index is -0.101. The Kier molecular flexibility index (Phi) is 5.56. The van der Waals surface area contributed by atoms with Crippen LogP contribution in [0.5, 0.6) is 5.75 Å². The number of thiazole rings is 1. The van der Waals surface area contributed by atoms with E-state index in [0.29, 0.717) is 10.7 Å². The fourth-order valence-electron chi connectivity index (χ4n) is 4.00. The van der Waals surface area contributed by atoms with Crippen molar-refractivity contribution >= 4 is 16.3 Å². The summed E-state index contributed by atoms with van der Waals surface area (Å²) in [5.41, 5.74) is 4.76. The molecule has 0 amide bonds. The largest absolute Gasteiger partial charge is 0.487 e. The van der Waals surface area contributed by atoms with E-state index < -0.39 is 0 Å². The van der Waals surface area contributed by atoms with Crippen molar-refractivity contribution < 1.29 is 4.74 Å². The molecule has 164 valence electrons. The maximum Gasteiger partial charge on any atom is 0.259 e. The minimum absolute atomic E-state index is 0.0985. The summed E-state index contributed by atoms with van der Waals surface area (Å²) in [6.07, 6.45) is 0. The van der Waals surface area contributed by atoms with E-state index >= 15 is 0 Å². The molecule has 0 aliphatic carbocycles. The van der Waals surface area contributed by atoms with E-state index in [-0.39, 0.29) is 17.6 Å². The summed E-state index contributed by atoms with van der Waals surface area (Å²) in [6.45, 7) is 4.68. The van der Waals surface area contributed by atoms with Gasteiger partial charge < -0.3 is 4.74 Å². The molecule has 0 saturated carbocycles. The summed E-state index contributed by atoms with van der Waals surface area (Å²) >= 11 is 1.46. The zero-order valence-electron chi connectivity index (χ0n) is 18.6. The van der Waals surface area contributed by atoms with E-state index in [0.717, 1.165) is 17.0 Å². The van der Waals surface area contributed by atoms with E-state index in [1.54, 1.807) is 10.5 Å². The Morgan fingerprint density at radius 2 is 1.52 bits per heavy atom. The summed E-state index contributed by atoms with van der Waals surface area (Å²) in [4.78, 5) is 18.1. The summed E-state index contributed by atoms with van der Waals surface area (Å²) < 4.78 is 7.61. The normalized spacial score (nSPS) is 11.6. The van der Waals surface area contributed by atoms with Crippen molar-refractivity contribution in [1.82, 2.24) is 9.38 Å². The SMILES string of the molecule is CC(C)(c1ccccc1)c1ccc(OCc2cc(=O)n3c(-c4ccccc4)csc3n2)cc1. The van der Waals surface area contributed by atoms with Gasteiger partial charge in [0.15, 0.2) is 4.96 Å². The van der Waals surface area contributed by atoms with E-state index in [1.165, 1.54) is 22.5 Å². The van der Waals surface area contributed by atoms with Crippen molar-refractivity contribution in [1.29, 1.82) is 0 Å². The van der Waals surface area contributed by atoms with E-state index in [2.05, 4.69) is 55.2 Å². The molecule has 33 heavy (non-hydrogen) atoms. The number of aromatic nitrogens is 2. The number of nitrogens with zero attached hydrogens (tertiary/aromatic N) is 2. The van der Waals surface area contributed by atoms with E-state index in [1.807, 2.05) is 53.9 Å². The lowest BCUT2D eigenvalue weighted by atomic mass is 9.78. The lowest BCUT2D eigenvalue weighted by Crippen LogP contribution is -2.18. The van der Waals surface area contributed by atoms with Crippen LogP contribution in [-0.2, 0) is 12.0 Å². The van der Waals surface area contributed by atoms with Crippen LogP contribution in [0.25, 0.3) is 16.2 Å². The Labute approximate surface area is 196 Å². The van der Waals surface area contributed by atoms with Crippen molar-refractivity contribution in [2.24, 2.45) is 0 Å². The van der Waals surface area contributed by atoms with Gasteiger partial charge >= 0.3 is 0 Å². The average molecular weight is 453 g/mol. The average Bonchev–Trinajstić information content (AvgIpc) is 3.29. The smallest absolute Gasteiger partial charge is 0.259 e. The molecule has 5 heteroatoms. The van der Waals surface area contributed by atoms with Crippen molar-refractivity contribution in [3.8, 4) is 17.0 Å². The summed E-state index contributed by atoms with van der Waals surface area (Å²) in [5, 5.41) is 1.97. The van der Waals surface area contributed by atoms with Crippen LogP contribution in [0.1, 0.15) is 30.7 Å². The Morgan fingerprint density at radius 1 is 0.879 bits per heavy atom. The molecule has 0 N–H and O–H groups in total. The summed E-state index contributed by atoms with van der Waals surface area (Å²) in [5.74, 6) is 0.751. The highest BCUT2D eigenvalue weighted by Crippen LogP contribution is 2.32. The van der Waals surface area contributed by atoms with Gasteiger partial charge in [-0.05, 0) is 28.8 Å².